The number of aromatic carboxylic acids is 1. The molecule has 1 unspecified atom stereocenters. The normalized spacial score (nSPS) is 11.3. The van der Waals surface area contributed by atoms with E-state index in [0.29, 0.717) is 43.0 Å². The van der Waals surface area contributed by atoms with Crippen LogP contribution < -0.4 is 11.1 Å². The van der Waals surface area contributed by atoms with E-state index < -0.39 is 12.1 Å². The van der Waals surface area contributed by atoms with Gasteiger partial charge >= 0.3 is 5.97 Å². The number of aliphatic hydroxyl groups excluding tert-OH is 1. The zero-order chi connectivity index (χ0) is 29.1. The molecule has 0 saturated heterocycles. The number of rotatable bonds is 11. The number of nitrogen functional groups attached to an aromatic ring is 1. The highest BCUT2D eigenvalue weighted by molar-refractivity contribution is 6.04. The Hall–Kier alpha value is -3.59. The first kappa shape index (κ1) is 34.4. The van der Waals surface area contributed by atoms with E-state index in [-0.39, 0.29) is 35.9 Å². The van der Waals surface area contributed by atoms with Crippen LogP contribution in [0.25, 0.3) is 0 Å². The van der Waals surface area contributed by atoms with Crippen LogP contribution in [0.15, 0.2) is 47.5 Å². The smallest absolute Gasteiger partial charge is 0.335 e. The summed E-state index contributed by atoms with van der Waals surface area (Å²) in [5.74, 6) is -0.665. The van der Waals surface area contributed by atoms with E-state index in [2.05, 4.69) is 19.2 Å². The van der Waals surface area contributed by atoms with Crippen molar-refractivity contribution in [2.45, 2.75) is 73.5 Å². The predicted molar refractivity (Wildman–Crippen MR) is 155 cm³/mol. The van der Waals surface area contributed by atoms with Crippen molar-refractivity contribution in [1.82, 2.24) is 10.2 Å². The number of para-hydroxylation sites is 1. The van der Waals surface area contributed by atoms with Crippen molar-refractivity contribution >= 4 is 23.4 Å². The quantitative estimate of drug-likeness (QED) is 0.161. The summed E-state index contributed by atoms with van der Waals surface area (Å²) in [6.07, 6.45) is 1.12. The van der Waals surface area contributed by atoms with Crippen LogP contribution in [0.5, 0.6) is 5.75 Å². The summed E-state index contributed by atoms with van der Waals surface area (Å²) in [4.78, 5) is 29.9. The number of aliphatic hydroxyl groups is 1. The zero-order valence-electron chi connectivity index (χ0n) is 23.7. The highest BCUT2D eigenvalue weighted by Crippen LogP contribution is 2.21. The van der Waals surface area contributed by atoms with Crippen LogP contribution in [0.3, 0.4) is 0 Å². The maximum Gasteiger partial charge on any atom is 0.335 e. The summed E-state index contributed by atoms with van der Waals surface area (Å²) in [6, 6.07) is 11.3. The second kappa shape index (κ2) is 19.5. The Morgan fingerprint density at radius 1 is 1.08 bits per heavy atom. The molecule has 9 heteroatoms. The second-order valence-electron chi connectivity index (χ2n) is 8.28. The van der Waals surface area contributed by atoms with Crippen molar-refractivity contribution in [1.29, 1.82) is 0 Å². The number of benzene rings is 2. The van der Waals surface area contributed by atoms with E-state index in [1.165, 1.54) is 18.6 Å². The van der Waals surface area contributed by atoms with Crippen LogP contribution in [-0.4, -0.2) is 63.7 Å². The van der Waals surface area contributed by atoms with Gasteiger partial charge in [0.25, 0.3) is 0 Å². The van der Waals surface area contributed by atoms with Gasteiger partial charge in [0, 0.05) is 36.4 Å². The minimum Gasteiger partial charge on any atom is -0.508 e. The fraction of sp³-hybridized carbons (Fsp3) is 0.483. The third kappa shape index (κ3) is 12.1. The standard InChI is InChI=1S/C24H32N4O5.C3H8.C2H6/c1-3-18(29)14-22(31)26-11-12-28(4-2)23(27-15-17-7-5-6-8-21(17)30)19-10-9-16(24(32)33)13-20(19)25;1-3-2;1-2/h5-10,13,18,29-30H,3-4,11-12,14-15,25H2,1-2H3,(H,26,31)(H,32,33);3H2,1-2H3;1-2H3. The molecular formula is C29H46N4O5. The Morgan fingerprint density at radius 3 is 2.24 bits per heavy atom. The first-order valence-corrected chi connectivity index (χ1v) is 13.3. The number of carboxylic acid groups (broad SMARTS) is 1. The van der Waals surface area contributed by atoms with E-state index in [1.54, 1.807) is 30.3 Å². The van der Waals surface area contributed by atoms with E-state index >= 15 is 0 Å². The molecule has 0 radical (unpaired) electrons. The molecule has 2 aromatic rings. The van der Waals surface area contributed by atoms with Gasteiger partial charge in [0.15, 0.2) is 0 Å². The zero-order valence-corrected chi connectivity index (χ0v) is 23.7. The molecule has 0 aliphatic rings. The van der Waals surface area contributed by atoms with Crippen molar-refractivity contribution in [3.63, 3.8) is 0 Å². The van der Waals surface area contributed by atoms with Gasteiger partial charge in [0.2, 0.25) is 5.91 Å². The van der Waals surface area contributed by atoms with Crippen molar-refractivity contribution in [3.8, 4) is 5.75 Å². The number of nitrogens with two attached hydrogens (primary N) is 1. The minimum atomic E-state index is -1.08. The van der Waals surface area contributed by atoms with Crippen molar-refractivity contribution in [2.75, 3.05) is 25.4 Å². The molecule has 9 nitrogen and oxygen atoms in total. The van der Waals surface area contributed by atoms with Gasteiger partial charge in [-0.1, -0.05) is 59.2 Å². The molecule has 0 saturated carbocycles. The largest absolute Gasteiger partial charge is 0.508 e. The molecule has 2 aromatic carbocycles. The number of nitrogens with zero attached hydrogens (tertiary/aromatic N) is 2. The van der Waals surface area contributed by atoms with Gasteiger partial charge in [-0.05, 0) is 37.6 Å². The van der Waals surface area contributed by atoms with E-state index in [1.807, 2.05) is 32.6 Å². The van der Waals surface area contributed by atoms with Crippen molar-refractivity contribution in [3.05, 3.63) is 59.2 Å². The molecule has 1 atom stereocenters. The predicted octanol–water partition coefficient (Wildman–Crippen LogP) is 4.66. The van der Waals surface area contributed by atoms with Crippen LogP contribution >= 0.6 is 0 Å². The van der Waals surface area contributed by atoms with Gasteiger partial charge in [0.1, 0.15) is 11.6 Å². The van der Waals surface area contributed by atoms with Gasteiger partial charge in [-0.3, -0.25) is 9.79 Å². The first-order chi connectivity index (χ1) is 18.2. The number of amides is 1. The fourth-order valence-electron chi connectivity index (χ4n) is 3.23. The lowest BCUT2D eigenvalue weighted by Gasteiger charge is -2.26. The van der Waals surface area contributed by atoms with Crippen LogP contribution in [-0.2, 0) is 11.3 Å². The van der Waals surface area contributed by atoms with Crippen LogP contribution in [0.2, 0.25) is 0 Å². The number of hydrogen-bond donors (Lipinski definition) is 5. The molecule has 0 aliphatic heterocycles. The Kier molecular flexibility index (Phi) is 17.7. The Morgan fingerprint density at radius 2 is 1.71 bits per heavy atom. The lowest BCUT2D eigenvalue weighted by molar-refractivity contribution is -0.123. The highest BCUT2D eigenvalue weighted by atomic mass is 16.4. The molecule has 212 valence electrons. The number of phenolic OH excluding ortho intramolecular Hbond substituents is 1. The number of nitrogens with one attached hydrogen (secondary N) is 1. The molecule has 2 rings (SSSR count). The number of amidine groups is 1. The second-order valence-corrected chi connectivity index (χ2v) is 8.28. The third-order valence-electron chi connectivity index (χ3n) is 5.21. The SMILES string of the molecule is CC.CCC.CCC(O)CC(=O)NCCN(CC)C(=NCc1ccccc1O)c1ccc(C(=O)O)cc1N. The van der Waals surface area contributed by atoms with Crippen LogP contribution in [0.1, 0.15) is 82.3 Å². The number of phenols is 1. The molecule has 1 amide bonds. The average Bonchev–Trinajstić information content (AvgIpc) is 2.90. The molecule has 0 fully saturated rings. The molecule has 6 N–H and O–H groups in total. The summed E-state index contributed by atoms with van der Waals surface area (Å²) in [6.45, 7) is 13.5. The first-order valence-electron chi connectivity index (χ1n) is 13.3. The Labute approximate surface area is 227 Å². The average molecular weight is 531 g/mol. The van der Waals surface area contributed by atoms with Gasteiger partial charge in [-0.25, -0.2) is 4.79 Å². The summed E-state index contributed by atoms with van der Waals surface area (Å²) in [7, 11) is 0. The number of carbonyl (C=O) groups is 2. The number of aromatic hydroxyl groups is 1. The van der Waals surface area contributed by atoms with Crippen LogP contribution in [0.4, 0.5) is 5.69 Å². The minimum absolute atomic E-state index is 0.0421. The lowest BCUT2D eigenvalue weighted by Crippen LogP contribution is -2.40. The van der Waals surface area contributed by atoms with Gasteiger partial charge in [-0.15, -0.1) is 0 Å². The van der Waals surface area contributed by atoms with Crippen molar-refractivity contribution < 1.29 is 24.9 Å². The third-order valence-corrected chi connectivity index (χ3v) is 5.21. The number of anilines is 1. The number of aliphatic imine (C=N–C) groups is 1. The molecule has 0 aliphatic carbocycles. The lowest BCUT2D eigenvalue weighted by atomic mass is 10.1. The van der Waals surface area contributed by atoms with E-state index in [9.17, 15) is 24.9 Å². The molecule has 0 bridgehead atoms. The molecule has 0 spiro atoms. The summed E-state index contributed by atoms with van der Waals surface area (Å²) in [5, 5.41) is 31.8. The topological polar surface area (TPSA) is 148 Å². The maximum atomic E-state index is 12.0. The van der Waals surface area contributed by atoms with E-state index in [4.69, 9.17) is 10.7 Å². The van der Waals surface area contributed by atoms with Gasteiger partial charge < -0.3 is 31.3 Å². The Balaban J connectivity index is 0.00000255. The highest BCUT2D eigenvalue weighted by Gasteiger charge is 2.17. The summed E-state index contributed by atoms with van der Waals surface area (Å²) < 4.78 is 0. The molecule has 38 heavy (non-hydrogen) atoms. The summed E-state index contributed by atoms with van der Waals surface area (Å²) in [5.41, 5.74) is 7.71. The van der Waals surface area contributed by atoms with E-state index in [0.717, 1.165) is 0 Å². The summed E-state index contributed by atoms with van der Waals surface area (Å²) >= 11 is 0. The van der Waals surface area contributed by atoms with Gasteiger partial charge in [0.05, 0.1) is 24.6 Å². The molecule has 0 aromatic heterocycles. The fourth-order valence-corrected chi connectivity index (χ4v) is 3.23. The number of likely N-dealkylation sites (N-methyl/N-ethyl adjacent to an activating group) is 1. The Bertz CT molecular complexity index is 1010. The van der Waals surface area contributed by atoms with Crippen LogP contribution in [0, 0.1) is 0 Å². The molecular weight excluding hydrogens is 484 g/mol. The van der Waals surface area contributed by atoms with Gasteiger partial charge in [-0.2, -0.15) is 0 Å². The number of hydrogen-bond acceptors (Lipinski definition) is 6. The number of carbonyl (C=O) groups excluding carboxylic acids is 1. The monoisotopic (exact) mass is 530 g/mol. The molecule has 0 heterocycles. The van der Waals surface area contributed by atoms with Crippen molar-refractivity contribution in [2.24, 2.45) is 4.99 Å². The maximum absolute atomic E-state index is 12.0. The number of carboxylic acids is 1.